The fourth-order valence-corrected chi connectivity index (χ4v) is 4.28. The zero-order valence-electron chi connectivity index (χ0n) is 17.9. The highest BCUT2D eigenvalue weighted by atomic mass is 32.2. The van der Waals surface area contributed by atoms with Crippen LogP contribution in [0.4, 0.5) is 0 Å². The van der Waals surface area contributed by atoms with Crippen LogP contribution in [-0.2, 0) is 16.6 Å². The van der Waals surface area contributed by atoms with Crippen molar-refractivity contribution in [2.24, 2.45) is 0 Å². The lowest BCUT2D eigenvalue weighted by molar-refractivity contribution is 0.401. The number of hydrogen-bond acceptors (Lipinski definition) is 6. The predicted octanol–water partition coefficient (Wildman–Crippen LogP) is 2.52. The van der Waals surface area contributed by atoms with Gasteiger partial charge in [-0.15, -0.1) is 0 Å². The first kappa shape index (κ1) is 22.5. The minimum absolute atomic E-state index is 0.0296. The summed E-state index contributed by atoms with van der Waals surface area (Å²) in [6, 6.07) is 11.9. The summed E-state index contributed by atoms with van der Waals surface area (Å²) in [6.45, 7) is 3.89. The van der Waals surface area contributed by atoms with E-state index in [0.717, 1.165) is 16.7 Å². The number of rotatable bonds is 8. The minimum Gasteiger partial charge on any atom is -0.497 e. The summed E-state index contributed by atoms with van der Waals surface area (Å²) in [5.74, 6) is 0.989. The van der Waals surface area contributed by atoms with Crippen molar-refractivity contribution in [3.63, 3.8) is 0 Å². The number of ether oxygens (including phenoxy) is 2. The van der Waals surface area contributed by atoms with Crippen molar-refractivity contribution < 1.29 is 17.9 Å². The number of methoxy groups -OCH3 is 2. The maximum atomic E-state index is 12.7. The van der Waals surface area contributed by atoms with Crippen molar-refractivity contribution in [2.45, 2.75) is 25.3 Å². The third-order valence-electron chi connectivity index (χ3n) is 4.98. The molecule has 164 valence electrons. The number of benzene rings is 2. The van der Waals surface area contributed by atoms with Crippen molar-refractivity contribution in [2.75, 3.05) is 20.8 Å². The number of aromatic nitrogens is 2. The van der Waals surface area contributed by atoms with Gasteiger partial charge in [-0.3, -0.25) is 9.36 Å². The molecule has 0 radical (unpaired) electrons. The van der Waals surface area contributed by atoms with Crippen LogP contribution in [0.15, 0.2) is 58.5 Å². The molecule has 8 nitrogen and oxygen atoms in total. The minimum atomic E-state index is -3.81. The molecule has 0 unspecified atom stereocenters. The van der Waals surface area contributed by atoms with Gasteiger partial charge in [0, 0.05) is 24.7 Å². The molecule has 1 N–H and O–H groups in total. The first-order valence-corrected chi connectivity index (χ1v) is 11.1. The molecule has 0 aliphatic rings. The van der Waals surface area contributed by atoms with Crippen LogP contribution < -0.4 is 19.8 Å². The summed E-state index contributed by atoms with van der Waals surface area (Å²) in [6.07, 6.45) is 1.41. The second-order valence-corrected chi connectivity index (χ2v) is 8.75. The standard InChI is InChI=1S/C22H25N3O5S/c1-15-11-20(30-4)21(12-16(15)2)31(27,28)24-9-10-25-14-23-19(13-22(25)26)17-5-7-18(29-3)8-6-17/h5-8,11-14,24H,9-10H2,1-4H3. The first-order valence-electron chi connectivity index (χ1n) is 9.61. The molecule has 3 aromatic rings. The van der Waals surface area contributed by atoms with E-state index in [0.29, 0.717) is 11.4 Å². The smallest absolute Gasteiger partial charge is 0.253 e. The van der Waals surface area contributed by atoms with Gasteiger partial charge in [0.15, 0.2) is 0 Å². The molecule has 1 aromatic heterocycles. The van der Waals surface area contributed by atoms with E-state index >= 15 is 0 Å². The number of nitrogens with one attached hydrogen (secondary N) is 1. The van der Waals surface area contributed by atoms with Crippen molar-refractivity contribution in [1.29, 1.82) is 0 Å². The van der Waals surface area contributed by atoms with E-state index in [1.54, 1.807) is 31.4 Å². The lowest BCUT2D eigenvalue weighted by Crippen LogP contribution is -2.31. The molecular formula is C22H25N3O5S. The van der Waals surface area contributed by atoms with Gasteiger partial charge in [0.1, 0.15) is 16.4 Å². The largest absolute Gasteiger partial charge is 0.497 e. The normalized spacial score (nSPS) is 11.4. The summed E-state index contributed by atoms with van der Waals surface area (Å²) >= 11 is 0. The Bertz CT molecular complexity index is 1230. The highest BCUT2D eigenvalue weighted by Gasteiger charge is 2.20. The van der Waals surface area contributed by atoms with E-state index in [9.17, 15) is 13.2 Å². The lowest BCUT2D eigenvalue weighted by Gasteiger charge is -2.13. The fraction of sp³-hybridized carbons (Fsp3) is 0.273. The Labute approximate surface area is 181 Å². The Morgan fingerprint density at radius 1 is 1.00 bits per heavy atom. The van der Waals surface area contributed by atoms with Crippen LogP contribution in [0, 0.1) is 13.8 Å². The molecule has 9 heteroatoms. The van der Waals surface area contributed by atoms with Gasteiger partial charge in [-0.1, -0.05) is 0 Å². The molecule has 3 rings (SSSR count). The van der Waals surface area contributed by atoms with Crippen LogP contribution in [0.5, 0.6) is 11.5 Å². The van der Waals surface area contributed by atoms with E-state index in [2.05, 4.69) is 9.71 Å². The predicted molar refractivity (Wildman–Crippen MR) is 118 cm³/mol. The molecule has 0 aliphatic heterocycles. The summed E-state index contributed by atoms with van der Waals surface area (Å²) in [5, 5.41) is 0. The van der Waals surface area contributed by atoms with E-state index < -0.39 is 10.0 Å². The van der Waals surface area contributed by atoms with Crippen LogP contribution in [0.2, 0.25) is 0 Å². The monoisotopic (exact) mass is 443 g/mol. The second kappa shape index (κ2) is 9.32. The number of sulfonamides is 1. The molecular weight excluding hydrogens is 418 g/mol. The van der Waals surface area contributed by atoms with Crippen molar-refractivity contribution in [1.82, 2.24) is 14.3 Å². The summed E-state index contributed by atoms with van der Waals surface area (Å²) < 4.78 is 39.7. The van der Waals surface area contributed by atoms with Gasteiger partial charge < -0.3 is 9.47 Å². The molecule has 0 saturated heterocycles. The number of nitrogens with zero attached hydrogens (tertiary/aromatic N) is 2. The van der Waals surface area contributed by atoms with Gasteiger partial charge >= 0.3 is 0 Å². The molecule has 0 spiro atoms. The van der Waals surface area contributed by atoms with E-state index in [4.69, 9.17) is 9.47 Å². The molecule has 0 amide bonds. The number of aryl methyl sites for hydroxylation is 2. The van der Waals surface area contributed by atoms with Crippen molar-refractivity contribution >= 4 is 10.0 Å². The molecule has 0 atom stereocenters. The van der Waals surface area contributed by atoms with Gasteiger partial charge in [-0.2, -0.15) is 0 Å². The topological polar surface area (TPSA) is 99.5 Å². The third-order valence-corrected chi connectivity index (χ3v) is 6.46. The maximum absolute atomic E-state index is 12.7. The highest BCUT2D eigenvalue weighted by molar-refractivity contribution is 7.89. The first-order chi connectivity index (χ1) is 14.7. The van der Waals surface area contributed by atoms with Crippen molar-refractivity contribution in [3.05, 3.63) is 70.3 Å². The molecule has 0 saturated carbocycles. The summed E-state index contributed by atoms with van der Waals surface area (Å²) in [5.41, 5.74) is 2.82. The molecule has 0 bridgehead atoms. The quantitative estimate of drug-likeness (QED) is 0.574. The van der Waals surface area contributed by atoms with Gasteiger partial charge in [0.25, 0.3) is 5.56 Å². The second-order valence-electron chi connectivity index (χ2n) is 7.02. The molecule has 0 aliphatic carbocycles. The van der Waals surface area contributed by atoms with Crippen LogP contribution in [0.3, 0.4) is 0 Å². The SMILES string of the molecule is COc1ccc(-c2cc(=O)n(CCNS(=O)(=O)c3cc(C)c(C)cc3OC)cn2)cc1. The third kappa shape index (κ3) is 5.12. The molecule has 2 aromatic carbocycles. The number of hydrogen-bond donors (Lipinski definition) is 1. The summed E-state index contributed by atoms with van der Waals surface area (Å²) in [7, 11) is -0.794. The molecule has 0 fully saturated rings. The average molecular weight is 444 g/mol. The van der Waals surface area contributed by atoms with Gasteiger partial charge in [0.2, 0.25) is 10.0 Å². The summed E-state index contributed by atoms with van der Waals surface area (Å²) in [4.78, 5) is 16.8. The zero-order chi connectivity index (χ0) is 22.6. The Morgan fingerprint density at radius 3 is 2.29 bits per heavy atom. The fourth-order valence-electron chi connectivity index (χ4n) is 3.02. The van der Waals surface area contributed by atoms with E-state index in [1.807, 2.05) is 26.0 Å². The van der Waals surface area contributed by atoms with Gasteiger partial charge in [-0.05, 0) is 61.4 Å². The Balaban J connectivity index is 1.71. The average Bonchev–Trinajstić information content (AvgIpc) is 2.76. The van der Waals surface area contributed by atoms with Crippen LogP contribution in [0.25, 0.3) is 11.3 Å². The Hall–Kier alpha value is -3.17. The lowest BCUT2D eigenvalue weighted by atomic mass is 10.1. The maximum Gasteiger partial charge on any atom is 0.253 e. The van der Waals surface area contributed by atoms with Gasteiger partial charge in [-0.25, -0.2) is 18.1 Å². The van der Waals surface area contributed by atoms with Crippen molar-refractivity contribution in [3.8, 4) is 22.8 Å². The Kier molecular flexibility index (Phi) is 6.77. The van der Waals surface area contributed by atoms with Crippen LogP contribution in [0.1, 0.15) is 11.1 Å². The highest BCUT2D eigenvalue weighted by Crippen LogP contribution is 2.27. The van der Waals surface area contributed by atoms with Crippen LogP contribution in [-0.4, -0.2) is 38.7 Å². The zero-order valence-corrected chi connectivity index (χ0v) is 18.7. The molecule has 1 heterocycles. The molecule has 31 heavy (non-hydrogen) atoms. The van der Waals surface area contributed by atoms with Crippen LogP contribution >= 0.6 is 0 Å². The Morgan fingerprint density at radius 2 is 1.68 bits per heavy atom. The van der Waals surface area contributed by atoms with E-state index in [1.165, 1.54) is 24.1 Å². The van der Waals surface area contributed by atoms with Gasteiger partial charge in [0.05, 0.1) is 26.2 Å². The van der Waals surface area contributed by atoms with E-state index in [-0.39, 0.29) is 29.3 Å².